The van der Waals surface area contributed by atoms with Crippen LogP contribution < -0.4 is 0 Å². The molecule has 0 bridgehead atoms. The Morgan fingerprint density at radius 3 is 1.00 bits per heavy atom. The zero-order chi connectivity index (χ0) is 2.00. The van der Waals surface area contributed by atoms with Crippen molar-refractivity contribution in [3.05, 3.63) is 14.9 Å². The molecule has 4 radical (unpaired) electrons. The summed E-state index contributed by atoms with van der Waals surface area (Å²) in [6.07, 6.45) is 0. The Labute approximate surface area is 75.4 Å². The molecule has 1 N–H and O–H groups in total. The summed E-state index contributed by atoms with van der Waals surface area (Å²) >= 11 is 0. The predicted molar refractivity (Wildman–Crippen MR) is 33.5 cm³/mol. The average molecular weight is 178 g/mol. The fourth-order valence-electron chi connectivity index (χ4n) is 0. The summed E-state index contributed by atoms with van der Waals surface area (Å²) in [5, 5.41) is 7.00. The molecule has 0 aromatic rings. The molecular formula is C4H14BOY-2. The molecule has 0 heterocycles. The third kappa shape index (κ3) is 147. The van der Waals surface area contributed by atoms with Crippen LogP contribution in [0.25, 0.3) is 0 Å². The van der Waals surface area contributed by atoms with Gasteiger partial charge in [-0.25, -0.2) is 0 Å². The van der Waals surface area contributed by atoms with Gasteiger partial charge in [0, 0.05) is 48.2 Å². The van der Waals surface area contributed by atoms with Gasteiger partial charge in [0.1, 0.15) is 0 Å². The number of hydrogen-bond acceptors (Lipinski definition) is 1. The summed E-state index contributed by atoms with van der Waals surface area (Å²) in [7, 11) is 1.00. The molecule has 0 saturated carbocycles. The van der Waals surface area contributed by atoms with E-state index in [-0.39, 0.29) is 63.4 Å². The molecule has 1 nitrogen and oxygen atoms in total. The minimum absolute atomic E-state index is 0. The van der Waals surface area contributed by atoms with E-state index in [9.17, 15) is 0 Å². The smallest absolute Gasteiger partial charge is 0.0319 e. The van der Waals surface area contributed by atoms with Gasteiger partial charge in [-0.3, -0.25) is 0 Å². The van der Waals surface area contributed by atoms with Gasteiger partial charge in [0.15, 0.2) is 0 Å². The summed E-state index contributed by atoms with van der Waals surface area (Å²) in [5.74, 6) is 0. The normalized spacial score (nSPS) is 0.857. The molecule has 44 valence electrons. The van der Waals surface area contributed by atoms with Crippen molar-refractivity contribution in [3.63, 3.8) is 0 Å². The Hall–Kier alpha value is 1.13. The zero-order valence-electron chi connectivity index (χ0n) is 4.60. The maximum atomic E-state index is 7.00. The number of aliphatic hydroxyl groups is 1. The van der Waals surface area contributed by atoms with E-state index in [1.54, 1.807) is 0 Å². The molecule has 0 unspecified atom stereocenters. The molecule has 0 spiro atoms. The fourth-order valence-corrected chi connectivity index (χ4v) is 0. The first-order valence-corrected chi connectivity index (χ1v) is 0.447. The van der Waals surface area contributed by atoms with E-state index in [0.29, 0.717) is 0 Å². The molecular weight excluding hydrogens is 164 g/mol. The summed E-state index contributed by atoms with van der Waals surface area (Å²) in [5.41, 5.74) is 0. The van der Waals surface area contributed by atoms with Gasteiger partial charge in [-0.05, 0) is 0 Å². The maximum absolute atomic E-state index is 7.00. The Morgan fingerprint density at radius 2 is 1.00 bits per heavy atom. The van der Waals surface area contributed by atoms with Crippen LogP contribution in [-0.2, 0) is 32.7 Å². The molecule has 0 aliphatic carbocycles. The van der Waals surface area contributed by atoms with E-state index in [1.165, 1.54) is 0 Å². The second-order valence-corrected chi connectivity index (χ2v) is 0. The first-order chi connectivity index (χ1) is 1.00. The first kappa shape index (κ1) is 91.2. The van der Waals surface area contributed by atoms with E-state index in [1.807, 2.05) is 0 Å². The van der Waals surface area contributed by atoms with Crippen molar-refractivity contribution in [2.45, 2.75) is 7.43 Å². The Kier molecular flexibility index (Phi) is 2740. The van der Waals surface area contributed by atoms with E-state index in [2.05, 4.69) is 0 Å². The van der Waals surface area contributed by atoms with E-state index in [4.69, 9.17) is 5.11 Å². The summed E-state index contributed by atoms with van der Waals surface area (Å²) in [6.45, 7) is 0. The zero-order valence-corrected chi connectivity index (χ0v) is 7.44. The van der Waals surface area contributed by atoms with Crippen molar-refractivity contribution in [2.24, 2.45) is 0 Å². The van der Waals surface area contributed by atoms with Gasteiger partial charge in [0.25, 0.3) is 0 Å². The van der Waals surface area contributed by atoms with Gasteiger partial charge < -0.3 is 20.0 Å². The second-order valence-electron chi connectivity index (χ2n) is 0. The average Bonchev–Trinajstić information content (AvgIpc) is 1.00. The largest absolute Gasteiger partial charge is 0.400 e. The van der Waals surface area contributed by atoms with E-state index < -0.39 is 0 Å². The summed E-state index contributed by atoms with van der Waals surface area (Å²) < 4.78 is 0. The molecule has 0 aliphatic heterocycles. The van der Waals surface area contributed by atoms with Crippen molar-refractivity contribution < 1.29 is 37.8 Å². The maximum Gasteiger partial charge on any atom is 0.0319 e. The molecule has 0 aromatic carbocycles. The van der Waals surface area contributed by atoms with Crippen LogP contribution in [-0.4, -0.2) is 20.6 Å². The van der Waals surface area contributed by atoms with Crippen molar-refractivity contribution in [1.82, 2.24) is 0 Å². The summed E-state index contributed by atoms with van der Waals surface area (Å²) in [6, 6.07) is 0. The standard InChI is InChI=1S/CH4O.CH4.2CH3.B.Y/c1-2;;;;;/h2H,1H3;1H4;2*1H3;;/q;;2*-1;;. The predicted octanol–water partition coefficient (Wildman–Crippen LogP) is 0.762. The minimum Gasteiger partial charge on any atom is -0.400 e. The first-order valence-electron chi connectivity index (χ1n) is 0.447. The molecule has 0 aromatic heterocycles. The molecule has 0 saturated heterocycles. The number of aliphatic hydroxyl groups excluding tert-OH is 1. The van der Waals surface area contributed by atoms with Crippen molar-refractivity contribution in [1.29, 1.82) is 0 Å². The van der Waals surface area contributed by atoms with Crippen molar-refractivity contribution in [2.75, 3.05) is 7.11 Å². The van der Waals surface area contributed by atoms with Crippen LogP contribution >= 0.6 is 0 Å². The second kappa shape index (κ2) is 210. The van der Waals surface area contributed by atoms with Gasteiger partial charge in [0.2, 0.25) is 0 Å². The fraction of sp³-hybridized carbons (Fsp3) is 0.500. The van der Waals surface area contributed by atoms with Crippen LogP contribution in [0.2, 0.25) is 0 Å². The van der Waals surface area contributed by atoms with Crippen molar-refractivity contribution >= 4 is 8.41 Å². The van der Waals surface area contributed by atoms with Gasteiger partial charge in [-0.1, -0.05) is 7.43 Å². The Balaban J connectivity index is -0.000000000500. The molecule has 0 fully saturated rings. The number of rotatable bonds is 0. The van der Waals surface area contributed by atoms with Gasteiger partial charge in [-0.15, -0.1) is 0 Å². The Bertz CT molecular complexity index is 11.7. The SMILES string of the molecule is C.CO.[B].[CH3-].[CH3-].[Y]. The molecule has 0 atom stereocenters. The molecule has 0 aliphatic rings. The van der Waals surface area contributed by atoms with Crippen LogP contribution in [0.3, 0.4) is 0 Å². The quantitative estimate of drug-likeness (QED) is 0.428. The topological polar surface area (TPSA) is 20.2 Å². The van der Waals surface area contributed by atoms with Gasteiger partial charge in [-0.2, -0.15) is 0 Å². The van der Waals surface area contributed by atoms with Crippen molar-refractivity contribution in [3.8, 4) is 0 Å². The number of hydrogen-bond donors (Lipinski definition) is 1. The Morgan fingerprint density at radius 1 is 1.00 bits per heavy atom. The van der Waals surface area contributed by atoms with Crippen LogP contribution in [0.4, 0.5) is 0 Å². The van der Waals surface area contributed by atoms with Crippen LogP contribution in [0.1, 0.15) is 7.43 Å². The van der Waals surface area contributed by atoms with Crippen LogP contribution in [0.5, 0.6) is 0 Å². The molecule has 7 heavy (non-hydrogen) atoms. The molecule has 3 heteroatoms. The molecule has 0 rings (SSSR count). The monoisotopic (exact) mass is 178 g/mol. The molecule has 0 amide bonds. The third-order valence-electron chi connectivity index (χ3n) is 0. The minimum atomic E-state index is 0. The third-order valence-corrected chi connectivity index (χ3v) is 0. The van der Waals surface area contributed by atoms with Crippen LogP contribution in [0.15, 0.2) is 0 Å². The van der Waals surface area contributed by atoms with Gasteiger partial charge >= 0.3 is 0 Å². The van der Waals surface area contributed by atoms with Gasteiger partial charge in [0.05, 0.1) is 0 Å². The van der Waals surface area contributed by atoms with E-state index in [0.717, 1.165) is 7.11 Å². The van der Waals surface area contributed by atoms with Crippen LogP contribution in [0, 0.1) is 14.9 Å². The van der Waals surface area contributed by atoms with E-state index >= 15 is 0 Å². The summed E-state index contributed by atoms with van der Waals surface area (Å²) in [4.78, 5) is 0.